The van der Waals surface area contributed by atoms with Gasteiger partial charge in [-0.25, -0.2) is 14.8 Å². The summed E-state index contributed by atoms with van der Waals surface area (Å²) in [6, 6.07) is 17.9. The van der Waals surface area contributed by atoms with E-state index in [1.54, 1.807) is 10.9 Å². The maximum Gasteiger partial charge on any atom is 0.321 e. The zero-order valence-electron chi connectivity index (χ0n) is 23.9. The average Bonchev–Trinajstić information content (AvgIpc) is 3.69. The smallest absolute Gasteiger partial charge is 0.321 e. The fourth-order valence-electron chi connectivity index (χ4n) is 5.57. The van der Waals surface area contributed by atoms with Crippen molar-refractivity contribution >= 4 is 29.0 Å². The maximum atomic E-state index is 12.5. The minimum atomic E-state index is -0.0500. The van der Waals surface area contributed by atoms with Crippen LogP contribution in [-0.2, 0) is 7.05 Å². The van der Waals surface area contributed by atoms with Crippen LogP contribution in [0.4, 0.5) is 27.8 Å². The third-order valence-corrected chi connectivity index (χ3v) is 7.82. The van der Waals surface area contributed by atoms with Gasteiger partial charge < -0.3 is 25.5 Å². The highest BCUT2D eigenvalue weighted by atomic mass is 16.3. The van der Waals surface area contributed by atoms with E-state index >= 15 is 0 Å². The Balaban J connectivity index is 1.16. The van der Waals surface area contributed by atoms with E-state index in [-0.39, 0.29) is 12.6 Å². The molecule has 11 heteroatoms. The number of nitrogens with one attached hydrogen (secondary N) is 2. The maximum absolute atomic E-state index is 12.5. The topological polar surface area (TPSA) is 115 Å². The Bertz CT molecular complexity index is 1510. The highest BCUT2D eigenvalue weighted by molar-refractivity contribution is 5.90. The van der Waals surface area contributed by atoms with Crippen molar-refractivity contribution in [1.29, 1.82) is 0 Å². The van der Waals surface area contributed by atoms with E-state index in [1.807, 2.05) is 60.6 Å². The summed E-state index contributed by atoms with van der Waals surface area (Å²) >= 11 is 0. The van der Waals surface area contributed by atoms with Gasteiger partial charge in [-0.05, 0) is 49.2 Å². The van der Waals surface area contributed by atoms with Crippen LogP contribution in [0.1, 0.15) is 12.8 Å². The summed E-state index contributed by atoms with van der Waals surface area (Å²) in [5.74, 6) is 0.507. The molecule has 0 spiro atoms. The van der Waals surface area contributed by atoms with Crippen LogP contribution in [0.15, 0.2) is 67.0 Å². The van der Waals surface area contributed by atoms with Crippen LogP contribution in [0.25, 0.3) is 22.5 Å². The molecule has 0 aliphatic carbocycles. The van der Waals surface area contributed by atoms with Gasteiger partial charge in [0.2, 0.25) is 5.95 Å². The number of likely N-dealkylation sites (tertiary alicyclic amines) is 1. The number of hydrogen-bond acceptors (Lipinski definition) is 8. The third-order valence-electron chi connectivity index (χ3n) is 7.82. The van der Waals surface area contributed by atoms with Crippen molar-refractivity contribution in [3.8, 4) is 22.5 Å². The summed E-state index contributed by atoms with van der Waals surface area (Å²) < 4.78 is 1.78. The highest BCUT2D eigenvalue weighted by Crippen LogP contribution is 2.31. The van der Waals surface area contributed by atoms with Crippen LogP contribution in [0.3, 0.4) is 0 Å². The Kier molecular flexibility index (Phi) is 8.29. The number of amides is 2. The monoisotopic (exact) mass is 567 g/mol. The van der Waals surface area contributed by atoms with E-state index in [0.29, 0.717) is 5.95 Å². The number of benzene rings is 2. The first kappa shape index (κ1) is 27.7. The molecular formula is C31H37N9O2. The molecule has 4 heterocycles. The van der Waals surface area contributed by atoms with Crippen molar-refractivity contribution in [3.05, 3.63) is 67.0 Å². The number of piperazine rings is 1. The van der Waals surface area contributed by atoms with E-state index in [1.165, 1.54) is 0 Å². The normalized spacial score (nSPS) is 15.7. The number of carbonyl (C=O) groups excluding carboxylic acids is 1. The van der Waals surface area contributed by atoms with E-state index in [0.717, 1.165) is 98.2 Å². The van der Waals surface area contributed by atoms with Crippen molar-refractivity contribution in [2.24, 2.45) is 7.05 Å². The zero-order chi connectivity index (χ0) is 28.9. The molecule has 2 amide bonds. The van der Waals surface area contributed by atoms with Crippen LogP contribution < -0.4 is 15.5 Å². The molecule has 42 heavy (non-hydrogen) atoms. The summed E-state index contributed by atoms with van der Waals surface area (Å²) in [6.45, 7) is 6.27. The van der Waals surface area contributed by atoms with Crippen molar-refractivity contribution in [1.82, 2.24) is 29.5 Å². The number of nitrogens with zero attached hydrogens (tertiary/aromatic N) is 7. The van der Waals surface area contributed by atoms with Gasteiger partial charge in [-0.2, -0.15) is 5.10 Å². The molecule has 6 rings (SSSR count). The second-order valence-corrected chi connectivity index (χ2v) is 10.8. The first-order chi connectivity index (χ1) is 20.6. The predicted octanol–water partition coefficient (Wildman–Crippen LogP) is 4.03. The number of carbonyl (C=O) groups is 1. The predicted molar refractivity (Wildman–Crippen MR) is 165 cm³/mol. The van der Waals surface area contributed by atoms with Crippen LogP contribution in [0, 0.1) is 0 Å². The first-order valence-electron chi connectivity index (χ1n) is 14.5. The lowest BCUT2D eigenvalue weighted by Gasteiger charge is -2.35. The molecule has 0 radical (unpaired) electrons. The molecule has 2 aromatic heterocycles. The molecule has 4 aromatic rings. The van der Waals surface area contributed by atoms with E-state index in [9.17, 15) is 9.90 Å². The number of hydrogen-bond donors (Lipinski definition) is 3. The average molecular weight is 568 g/mol. The van der Waals surface area contributed by atoms with Gasteiger partial charge in [0.15, 0.2) is 0 Å². The van der Waals surface area contributed by atoms with E-state index in [4.69, 9.17) is 10.1 Å². The van der Waals surface area contributed by atoms with E-state index in [2.05, 4.69) is 37.6 Å². The fraction of sp³-hybridized carbons (Fsp3) is 0.355. The van der Waals surface area contributed by atoms with Gasteiger partial charge >= 0.3 is 6.03 Å². The second-order valence-electron chi connectivity index (χ2n) is 10.8. The number of β-amino-alcohol motifs (C(OH)–C–C–N with tert-alkyl or cyclic N) is 1. The number of aliphatic hydroxyl groups is 1. The van der Waals surface area contributed by atoms with Crippen LogP contribution >= 0.6 is 0 Å². The summed E-state index contributed by atoms with van der Waals surface area (Å²) in [5, 5.41) is 20.3. The quantitative estimate of drug-likeness (QED) is 0.293. The number of rotatable bonds is 8. The second kappa shape index (κ2) is 12.6. The molecule has 0 bridgehead atoms. The number of aliphatic hydroxyl groups excluding tert-OH is 1. The van der Waals surface area contributed by atoms with Crippen molar-refractivity contribution < 1.29 is 9.90 Å². The molecule has 218 valence electrons. The van der Waals surface area contributed by atoms with Gasteiger partial charge in [0, 0.05) is 93.4 Å². The molecule has 0 unspecified atom stereocenters. The molecule has 2 aromatic carbocycles. The molecule has 2 aliphatic heterocycles. The van der Waals surface area contributed by atoms with Crippen molar-refractivity contribution in [3.63, 3.8) is 0 Å². The number of aromatic nitrogens is 4. The Morgan fingerprint density at radius 2 is 1.74 bits per heavy atom. The lowest BCUT2D eigenvalue weighted by Crippen LogP contribution is -2.47. The van der Waals surface area contributed by atoms with Gasteiger partial charge in [-0.1, -0.05) is 18.2 Å². The molecule has 2 fully saturated rings. The third kappa shape index (κ3) is 6.37. The standard InChI is InChI=1S/C31H37N9O2/c1-37-22-27(29(36-37)23-7-9-24(10-8-23)34-31(42)40-13-2-3-14-40)28-11-12-32-30(35-28)33-25-5-4-6-26(21-25)39-17-15-38(16-18-39)19-20-41/h4-12,21-22,41H,2-3,13-20H2,1H3,(H,34,42)(H,32,33,35). The number of aryl methyl sites for hydroxylation is 1. The summed E-state index contributed by atoms with van der Waals surface area (Å²) in [4.78, 5) is 28.3. The molecular weight excluding hydrogens is 530 g/mol. The number of urea groups is 1. The molecule has 11 nitrogen and oxygen atoms in total. The lowest BCUT2D eigenvalue weighted by molar-refractivity contribution is 0.189. The lowest BCUT2D eigenvalue weighted by atomic mass is 10.1. The van der Waals surface area contributed by atoms with Crippen LogP contribution in [0.2, 0.25) is 0 Å². The van der Waals surface area contributed by atoms with Crippen molar-refractivity contribution in [2.45, 2.75) is 12.8 Å². The first-order valence-corrected chi connectivity index (χ1v) is 14.5. The Labute approximate surface area is 245 Å². The van der Waals surface area contributed by atoms with E-state index < -0.39 is 0 Å². The summed E-state index contributed by atoms with van der Waals surface area (Å²) in [7, 11) is 1.90. The minimum Gasteiger partial charge on any atom is -0.395 e. The minimum absolute atomic E-state index is 0.0500. The molecule has 0 saturated carbocycles. The van der Waals surface area contributed by atoms with Crippen LogP contribution in [0.5, 0.6) is 0 Å². The Morgan fingerprint density at radius 3 is 2.50 bits per heavy atom. The largest absolute Gasteiger partial charge is 0.395 e. The fourth-order valence-corrected chi connectivity index (χ4v) is 5.57. The van der Waals surface area contributed by atoms with Crippen molar-refractivity contribution in [2.75, 3.05) is 68.0 Å². The Hall–Kier alpha value is -4.48. The summed E-state index contributed by atoms with van der Waals surface area (Å²) in [6.07, 6.45) is 5.84. The molecule has 3 N–H and O–H groups in total. The molecule has 2 saturated heterocycles. The summed E-state index contributed by atoms with van der Waals surface area (Å²) in [5.41, 5.74) is 6.22. The van der Waals surface area contributed by atoms with Gasteiger partial charge in [0.25, 0.3) is 0 Å². The van der Waals surface area contributed by atoms with Gasteiger partial charge in [0.05, 0.1) is 12.3 Å². The molecule has 2 aliphatic rings. The highest BCUT2D eigenvalue weighted by Gasteiger charge is 2.19. The zero-order valence-corrected chi connectivity index (χ0v) is 23.9. The van der Waals surface area contributed by atoms with Gasteiger partial charge in [0.1, 0.15) is 5.69 Å². The van der Waals surface area contributed by atoms with Gasteiger partial charge in [-0.3, -0.25) is 9.58 Å². The van der Waals surface area contributed by atoms with Gasteiger partial charge in [-0.15, -0.1) is 0 Å². The SMILES string of the molecule is Cn1cc(-c2ccnc(Nc3cccc(N4CCN(CCO)CC4)c3)n2)c(-c2ccc(NC(=O)N3CCCC3)cc2)n1. The Morgan fingerprint density at radius 1 is 0.952 bits per heavy atom. The number of anilines is 4. The molecule has 0 atom stereocenters. The van der Waals surface area contributed by atoms with Crippen LogP contribution in [-0.4, -0.2) is 93.1 Å².